The number of hydrogen-bond donors (Lipinski definition) is 0. The maximum atomic E-state index is 5.34. The van der Waals surface area contributed by atoms with Crippen LogP contribution < -0.4 is 0 Å². The lowest BCUT2D eigenvalue weighted by Gasteiger charge is -2.15. The molecular formula is C54H38N4. The lowest BCUT2D eigenvalue weighted by Crippen LogP contribution is -1.96. The van der Waals surface area contributed by atoms with E-state index in [0.29, 0.717) is 0 Å². The number of aryl methyl sites for hydroxylation is 1. The number of benzene rings is 7. The van der Waals surface area contributed by atoms with Gasteiger partial charge in [-0.1, -0.05) is 140 Å². The fourth-order valence-corrected chi connectivity index (χ4v) is 8.88. The predicted molar refractivity (Wildman–Crippen MR) is 243 cm³/mol. The second-order valence-corrected chi connectivity index (χ2v) is 15.2. The van der Waals surface area contributed by atoms with E-state index in [9.17, 15) is 0 Å². The van der Waals surface area contributed by atoms with Gasteiger partial charge in [-0.05, 0) is 107 Å². The van der Waals surface area contributed by atoms with Gasteiger partial charge in [-0.15, -0.1) is 0 Å². The van der Waals surface area contributed by atoms with E-state index in [1.54, 1.807) is 0 Å². The van der Waals surface area contributed by atoms with Gasteiger partial charge in [0.05, 0.1) is 16.7 Å². The maximum Gasteiger partial charge on any atom is 0.165 e. The van der Waals surface area contributed by atoms with Crippen LogP contribution >= 0.6 is 0 Å². The van der Waals surface area contributed by atoms with Crippen LogP contribution in [0.4, 0.5) is 0 Å². The summed E-state index contributed by atoms with van der Waals surface area (Å²) in [6, 6.07) is 65.3. The SMILES string of the molecule is C/C(=C/c1cc(-c2cccc(-c3nc4c(nc5ccccn54)c4ccccc34)c2)cc(-n2c3ccccc3c3ccccc32)c1)c1ccccc1-c1ccccc1C. The van der Waals surface area contributed by atoms with Gasteiger partial charge in [0.1, 0.15) is 11.2 Å². The summed E-state index contributed by atoms with van der Waals surface area (Å²) in [7, 11) is 0. The van der Waals surface area contributed by atoms with Gasteiger partial charge >= 0.3 is 0 Å². The highest BCUT2D eigenvalue weighted by Gasteiger charge is 2.17. The predicted octanol–water partition coefficient (Wildman–Crippen LogP) is 14.0. The van der Waals surface area contributed by atoms with Gasteiger partial charge < -0.3 is 4.57 Å². The first-order valence-electron chi connectivity index (χ1n) is 19.8. The summed E-state index contributed by atoms with van der Waals surface area (Å²) in [4.78, 5) is 10.3. The van der Waals surface area contributed by atoms with Crippen molar-refractivity contribution in [2.75, 3.05) is 0 Å². The van der Waals surface area contributed by atoms with Gasteiger partial charge in [0.2, 0.25) is 0 Å². The van der Waals surface area contributed by atoms with E-state index in [-0.39, 0.29) is 0 Å². The molecule has 4 heterocycles. The van der Waals surface area contributed by atoms with Crippen LogP contribution in [0.2, 0.25) is 0 Å². The molecule has 11 rings (SSSR count). The molecule has 11 aromatic rings. The van der Waals surface area contributed by atoms with Crippen molar-refractivity contribution in [3.63, 3.8) is 0 Å². The lowest BCUT2D eigenvalue weighted by atomic mass is 9.91. The number of para-hydroxylation sites is 2. The number of nitrogens with zero attached hydrogens (tertiary/aromatic N) is 4. The fourth-order valence-electron chi connectivity index (χ4n) is 8.88. The highest BCUT2D eigenvalue weighted by molar-refractivity contribution is 6.10. The van der Waals surface area contributed by atoms with Crippen LogP contribution in [0, 0.1) is 6.92 Å². The highest BCUT2D eigenvalue weighted by Crippen LogP contribution is 2.38. The van der Waals surface area contributed by atoms with Crippen LogP contribution in [0.25, 0.3) is 100 Å². The molecule has 0 N–H and O–H groups in total. The average molecular weight is 743 g/mol. The number of rotatable bonds is 6. The quantitative estimate of drug-likeness (QED) is 0.159. The van der Waals surface area contributed by atoms with E-state index in [1.165, 1.54) is 49.6 Å². The third-order valence-electron chi connectivity index (χ3n) is 11.6. The standard InChI is InChI=1S/C54H38N4/c1-35-16-3-4-19-42(35)44-21-6-5-20-43(44)36(2)30-37-31-40(34-41(32-37)58-49-26-11-9-22-45(49)46-23-10-12-27-50(46)58)38-17-15-18-39(33-38)52-47-24-7-8-25-48(47)53-54(56-52)57-29-14-13-28-51(57)55-53/h3-34H,1-2H3/b36-30-. The Bertz CT molecular complexity index is 3380. The molecule has 0 aliphatic heterocycles. The first kappa shape index (κ1) is 33.8. The van der Waals surface area contributed by atoms with E-state index >= 15 is 0 Å². The van der Waals surface area contributed by atoms with Gasteiger partial charge in [-0.2, -0.15) is 0 Å². The van der Waals surface area contributed by atoms with E-state index in [0.717, 1.165) is 61.2 Å². The summed E-state index contributed by atoms with van der Waals surface area (Å²) in [5.74, 6) is 0. The number of imidazole rings is 1. The van der Waals surface area contributed by atoms with Crippen molar-refractivity contribution < 1.29 is 0 Å². The topological polar surface area (TPSA) is 35.1 Å². The lowest BCUT2D eigenvalue weighted by molar-refractivity contribution is 1.18. The van der Waals surface area contributed by atoms with Crippen LogP contribution in [-0.2, 0) is 0 Å². The molecule has 0 fully saturated rings. The van der Waals surface area contributed by atoms with Crippen molar-refractivity contribution in [3.05, 3.63) is 205 Å². The Morgan fingerprint density at radius 1 is 0.517 bits per heavy atom. The zero-order chi connectivity index (χ0) is 38.7. The summed E-state index contributed by atoms with van der Waals surface area (Å²) < 4.78 is 4.50. The van der Waals surface area contributed by atoms with Crippen LogP contribution in [0.1, 0.15) is 23.6 Å². The molecule has 4 aromatic heterocycles. The van der Waals surface area contributed by atoms with E-state index in [1.807, 2.05) is 24.4 Å². The molecule has 0 aliphatic carbocycles. The van der Waals surface area contributed by atoms with Crippen molar-refractivity contribution >= 4 is 61.0 Å². The third kappa shape index (κ3) is 5.53. The summed E-state index contributed by atoms with van der Waals surface area (Å²) in [6.45, 7) is 4.42. The number of hydrogen-bond acceptors (Lipinski definition) is 2. The molecule has 0 unspecified atom stereocenters. The van der Waals surface area contributed by atoms with Gasteiger partial charge in [0, 0.05) is 39.0 Å². The molecule has 0 amide bonds. The summed E-state index contributed by atoms with van der Waals surface area (Å²) in [6.07, 6.45) is 4.39. The molecule has 0 atom stereocenters. The van der Waals surface area contributed by atoms with Crippen molar-refractivity contribution in [2.45, 2.75) is 13.8 Å². The maximum absolute atomic E-state index is 5.34. The van der Waals surface area contributed by atoms with Crippen molar-refractivity contribution in [3.8, 4) is 39.2 Å². The first-order valence-corrected chi connectivity index (χ1v) is 19.8. The first-order chi connectivity index (χ1) is 28.6. The molecule has 7 aromatic carbocycles. The van der Waals surface area contributed by atoms with E-state index in [4.69, 9.17) is 9.97 Å². The smallest absolute Gasteiger partial charge is 0.165 e. The normalized spacial score (nSPS) is 12.1. The number of pyridine rings is 2. The number of fused-ring (bicyclic) bond motifs is 8. The minimum Gasteiger partial charge on any atom is -0.309 e. The minimum atomic E-state index is 0.858. The number of aromatic nitrogens is 4. The van der Waals surface area contributed by atoms with E-state index < -0.39 is 0 Å². The number of allylic oxidation sites excluding steroid dienone is 1. The van der Waals surface area contributed by atoms with Crippen LogP contribution in [-0.4, -0.2) is 18.9 Å². The Hall–Kier alpha value is -7.56. The Morgan fingerprint density at radius 2 is 1.17 bits per heavy atom. The zero-order valence-electron chi connectivity index (χ0n) is 32.3. The Morgan fingerprint density at radius 3 is 1.97 bits per heavy atom. The summed E-state index contributed by atoms with van der Waals surface area (Å²) >= 11 is 0. The molecular weight excluding hydrogens is 705 g/mol. The largest absolute Gasteiger partial charge is 0.309 e. The molecule has 274 valence electrons. The van der Waals surface area contributed by atoms with Crippen molar-refractivity contribution in [1.82, 2.24) is 18.9 Å². The van der Waals surface area contributed by atoms with Crippen LogP contribution in [0.15, 0.2) is 188 Å². The average Bonchev–Trinajstić information content (AvgIpc) is 3.82. The van der Waals surface area contributed by atoms with Gasteiger partial charge in [-0.25, -0.2) is 9.97 Å². The summed E-state index contributed by atoms with van der Waals surface area (Å²) in [5.41, 5.74) is 17.7. The van der Waals surface area contributed by atoms with Crippen LogP contribution in [0.5, 0.6) is 0 Å². The summed E-state index contributed by atoms with van der Waals surface area (Å²) in [5, 5.41) is 4.67. The van der Waals surface area contributed by atoms with Gasteiger partial charge in [0.15, 0.2) is 5.65 Å². The molecule has 58 heavy (non-hydrogen) atoms. The second-order valence-electron chi connectivity index (χ2n) is 15.2. The van der Waals surface area contributed by atoms with Crippen LogP contribution in [0.3, 0.4) is 0 Å². The molecule has 0 aliphatic rings. The van der Waals surface area contributed by atoms with E-state index in [2.05, 4.69) is 193 Å². The molecule has 0 radical (unpaired) electrons. The monoisotopic (exact) mass is 742 g/mol. The molecule has 4 heteroatoms. The minimum absolute atomic E-state index is 0.858. The molecule has 4 nitrogen and oxygen atoms in total. The van der Waals surface area contributed by atoms with Gasteiger partial charge in [-0.3, -0.25) is 4.40 Å². The Kier molecular flexibility index (Phi) is 7.90. The van der Waals surface area contributed by atoms with Crippen molar-refractivity contribution in [2.24, 2.45) is 0 Å². The third-order valence-corrected chi connectivity index (χ3v) is 11.6. The van der Waals surface area contributed by atoms with Crippen molar-refractivity contribution in [1.29, 1.82) is 0 Å². The Labute approximate surface area is 336 Å². The fraction of sp³-hybridized carbons (Fsp3) is 0.0370. The second kappa shape index (κ2) is 13.6. The zero-order valence-corrected chi connectivity index (χ0v) is 32.3. The molecule has 0 saturated heterocycles. The molecule has 0 spiro atoms. The molecule has 0 saturated carbocycles. The highest BCUT2D eigenvalue weighted by atomic mass is 15.1. The molecule has 0 bridgehead atoms. The van der Waals surface area contributed by atoms with Gasteiger partial charge in [0.25, 0.3) is 0 Å². The Balaban J connectivity index is 1.13.